The Balaban J connectivity index is 2.87. The van der Waals surface area contributed by atoms with Crippen LogP contribution in [0.15, 0.2) is 18.5 Å². The van der Waals surface area contributed by atoms with Crippen LogP contribution in [0.4, 0.5) is 0 Å². The Morgan fingerprint density at radius 1 is 1.25 bits per heavy atom. The molecule has 0 fully saturated rings. The smallest absolute Gasteiger partial charge is 0.0958 e. The number of rotatable bonds is 0. The van der Waals surface area contributed by atoms with E-state index in [4.69, 9.17) is 0 Å². The summed E-state index contributed by atoms with van der Waals surface area (Å²) in [4.78, 5) is 4.22. The highest BCUT2D eigenvalue weighted by molar-refractivity contribution is 5.77. The van der Waals surface area contributed by atoms with Gasteiger partial charge < -0.3 is 4.57 Å². The fourth-order valence-corrected chi connectivity index (χ4v) is 1.31. The topological polar surface area (TPSA) is 17.8 Å². The van der Waals surface area contributed by atoms with Crippen LogP contribution in [0.1, 0.15) is 11.1 Å². The lowest BCUT2D eigenvalue weighted by Gasteiger charge is -1.99. The SMILES string of the molecule is [CH2]n1cnc2cc(C)c(C)cc21. The van der Waals surface area contributed by atoms with Crippen molar-refractivity contribution in [2.75, 3.05) is 0 Å². The van der Waals surface area contributed by atoms with E-state index in [2.05, 4.69) is 38.0 Å². The quantitative estimate of drug-likeness (QED) is 0.576. The summed E-state index contributed by atoms with van der Waals surface area (Å²) in [6, 6.07) is 4.21. The van der Waals surface area contributed by atoms with Crippen molar-refractivity contribution in [3.63, 3.8) is 0 Å². The summed E-state index contributed by atoms with van der Waals surface area (Å²) in [6.45, 7) is 4.19. The zero-order chi connectivity index (χ0) is 8.72. The second kappa shape index (κ2) is 2.34. The van der Waals surface area contributed by atoms with Crippen LogP contribution >= 0.6 is 0 Å². The van der Waals surface area contributed by atoms with Gasteiger partial charge in [-0.2, -0.15) is 0 Å². The number of fused-ring (bicyclic) bond motifs is 1. The second-order valence-electron chi connectivity index (χ2n) is 3.14. The fourth-order valence-electron chi connectivity index (χ4n) is 1.31. The van der Waals surface area contributed by atoms with Crippen LogP contribution in [-0.4, -0.2) is 9.55 Å². The van der Waals surface area contributed by atoms with Gasteiger partial charge in [0.1, 0.15) is 0 Å². The van der Waals surface area contributed by atoms with Gasteiger partial charge in [0.25, 0.3) is 0 Å². The second-order valence-corrected chi connectivity index (χ2v) is 3.14. The molecule has 2 heteroatoms. The van der Waals surface area contributed by atoms with Gasteiger partial charge in [-0.15, -0.1) is 0 Å². The van der Waals surface area contributed by atoms with Gasteiger partial charge >= 0.3 is 0 Å². The van der Waals surface area contributed by atoms with Crippen molar-refractivity contribution in [2.24, 2.45) is 0 Å². The first kappa shape index (κ1) is 7.35. The average Bonchev–Trinajstić information content (AvgIpc) is 2.35. The highest BCUT2D eigenvalue weighted by Crippen LogP contribution is 2.17. The van der Waals surface area contributed by atoms with Crippen LogP contribution in [0, 0.1) is 20.9 Å². The fraction of sp³-hybridized carbons (Fsp3) is 0.200. The van der Waals surface area contributed by atoms with Gasteiger partial charge in [-0.05, 0) is 37.1 Å². The van der Waals surface area contributed by atoms with Crippen molar-refractivity contribution in [2.45, 2.75) is 13.8 Å². The van der Waals surface area contributed by atoms with Gasteiger partial charge in [0.2, 0.25) is 0 Å². The van der Waals surface area contributed by atoms with E-state index in [1.54, 1.807) is 10.9 Å². The van der Waals surface area contributed by atoms with Gasteiger partial charge in [0.05, 0.1) is 17.4 Å². The molecule has 1 heterocycles. The first-order valence-electron chi connectivity index (χ1n) is 3.93. The number of aryl methyl sites for hydroxylation is 2. The van der Waals surface area contributed by atoms with Crippen LogP contribution in [0.3, 0.4) is 0 Å². The molecule has 61 valence electrons. The summed E-state index contributed by atoms with van der Waals surface area (Å²) < 4.78 is 1.79. The molecule has 1 aromatic heterocycles. The van der Waals surface area contributed by atoms with Gasteiger partial charge in [-0.25, -0.2) is 4.98 Å². The van der Waals surface area contributed by atoms with Crippen molar-refractivity contribution in [3.05, 3.63) is 36.6 Å². The minimum absolute atomic E-state index is 1.02. The summed E-state index contributed by atoms with van der Waals surface area (Å²) >= 11 is 0. The Morgan fingerprint density at radius 3 is 2.67 bits per heavy atom. The molecule has 1 radical (unpaired) electrons. The zero-order valence-electron chi connectivity index (χ0n) is 7.33. The molecule has 0 aliphatic carbocycles. The van der Waals surface area contributed by atoms with Crippen LogP contribution in [0.25, 0.3) is 11.0 Å². The molecule has 0 spiro atoms. The van der Waals surface area contributed by atoms with Gasteiger partial charge in [-0.1, -0.05) is 0 Å². The zero-order valence-corrected chi connectivity index (χ0v) is 7.33. The summed E-state index contributed by atoms with van der Waals surface area (Å²) in [5, 5.41) is 0. The molecule has 2 aromatic rings. The normalized spacial score (nSPS) is 10.9. The lowest BCUT2D eigenvalue weighted by molar-refractivity contribution is 1.10. The highest BCUT2D eigenvalue weighted by atomic mass is 15.0. The van der Waals surface area contributed by atoms with E-state index in [9.17, 15) is 0 Å². The Bertz CT molecular complexity index is 427. The lowest BCUT2D eigenvalue weighted by Crippen LogP contribution is -1.84. The van der Waals surface area contributed by atoms with Crippen molar-refractivity contribution in [1.29, 1.82) is 0 Å². The maximum atomic E-state index is 4.22. The predicted octanol–water partition coefficient (Wildman–Crippen LogP) is 2.29. The molecule has 0 saturated carbocycles. The lowest BCUT2D eigenvalue weighted by atomic mass is 10.1. The molecule has 0 amide bonds. The summed E-state index contributed by atoms with van der Waals surface area (Å²) in [5.74, 6) is 0. The monoisotopic (exact) mass is 159 g/mol. The van der Waals surface area contributed by atoms with Crippen molar-refractivity contribution in [3.8, 4) is 0 Å². The Kier molecular flexibility index (Phi) is 1.43. The molecule has 0 aliphatic heterocycles. The standard InChI is InChI=1S/C10H11N2/c1-7-4-9-10(5-8(7)2)12(3)6-11-9/h4-6H,3H2,1-2H3. The molecular formula is C10H11N2. The Hall–Kier alpha value is -1.31. The van der Waals surface area contributed by atoms with E-state index in [1.165, 1.54) is 11.1 Å². The molecule has 2 rings (SSSR count). The molecule has 0 saturated heterocycles. The predicted molar refractivity (Wildman–Crippen MR) is 50.0 cm³/mol. The first-order valence-corrected chi connectivity index (χ1v) is 3.93. The van der Waals surface area contributed by atoms with Gasteiger partial charge in [0, 0.05) is 7.05 Å². The van der Waals surface area contributed by atoms with Crippen LogP contribution in [0.5, 0.6) is 0 Å². The Morgan fingerprint density at radius 2 is 1.92 bits per heavy atom. The van der Waals surface area contributed by atoms with Crippen LogP contribution in [-0.2, 0) is 0 Å². The molecule has 0 N–H and O–H groups in total. The molecule has 12 heavy (non-hydrogen) atoms. The number of benzene rings is 1. The van der Waals surface area contributed by atoms with Crippen molar-refractivity contribution < 1.29 is 0 Å². The van der Waals surface area contributed by atoms with E-state index < -0.39 is 0 Å². The van der Waals surface area contributed by atoms with E-state index in [0.717, 1.165) is 11.0 Å². The summed E-state index contributed by atoms with van der Waals surface area (Å²) in [7, 11) is 3.83. The third-order valence-corrected chi connectivity index (χ3v) is 2.24. The minimum atomic E-state index is 1.02. The number of imidazole rings is 1. The summed E-state index contributed by atoms with van der Waals surface area (Å²) in [6.07, 6.45) is 1.74. The highest BCUT2D eigenvalue weighted by Gasteiger charge is 2.01. The van der Waals surface area contributed by atoms with E-state index in [0.29, 0.717) is 0 Å². The molecule has 2 nitrogen and oxygen atoms in total. The van der Waals surface area contributed by atoms with E-state index in [-0.39, 0.29) is 0 Å². The number of nitrogens with zero attached hydrogens (tertiary/aromatic N) is 2. The largest absolute Gasteiger partial charge is 0.329 e. The number of hydrogen-bond acceptors (Lipinski definition) is 1. The van der Waals surface area contributed by atoms with E-state index in [1.807, 2.05) is 0 Å². The Labute approximate surface area is 71.8 Å². The van der Waals surface area contributed by atoms with E-state index >= 15 is 0 Å². The van der Waals surface area contributed by atoms with Crippen LogP contribution < -0.4 is 0 Å². The number of hydrogen-bond donors (Lipinski definition) is 0. The van der Waals surface area contributed by atoms with Crippen molar-refractivity contribution in [1.82, 2.24) is 9.55 Å². The maximum Gasteiger partial charge on any atom is 0.0958 e. The van der Waals surface area contributed by atoms with Gasteiger partial charge in [-0.3, -0.25) is 0 Å². The molecular weight excluding hydrogens is 148 g/mol. The third kappa shape index (κ3) is 0.916. The third-order valence-electron chi connectivity index (χ3n) is 2.24. The number of aromatic nitrogens is 2. The minimum Gasteiger partial charge on any atom is -0.329 e. The molecule has 0 unspecified atom stereocenters. The molecule has 0 bridgehead atoms. The summed E-state index contributed by atoms with van der Waals surface area (Å²) in [5.41, 5.74) is 4.68. The average molecular weight is 159 g/mol. The van der Waals surface area contributed by atoms with Crippen molar-refractivity contribution >= 4 is 11.0 Å². The molecule has 0 aliphatic rings. The molecule has 1 aromatic carbocycles. The maximum absolute atomic E-state index is 4.22. The van der Waals surface area contributed by atoms with Gasteiger partial charge in [0.15, 0.2) is 0 Å². The first-order chi connectivity index (χ1) is 5.68. The van der Waals surface area contributed by atoms with Crippen LogP contribution in [0.2, 0.25) is 0 Å². The molecule has 0 atom stereocenters.